The minimum absolute atomic E-state index is 0.0186. The van der Waals surface area contributed by atoms with E-state index in [0.717, 1.165) is 23.9 Å². The van der Waals surface area contributed by atoms with Gasteiger partial charge in [-0.3, -0.25) is 4.79 Å². The SMILES string of the molecule is O=C(CSc1nn(-c2ccc(F)cc2)c(=S)s1)Nc1ccc(F)c(F)c1. The third-order valence-electron chi connectivity index (χ3n) is 3.13. The summed E-state index contributed by atoms with van der Waals surface area (Å²) in [4.78, 5) is 11.9. The van der Waals surface area contributed by atoms with Gasteiger partial charge < -0.3 is 5.32 Å². The Morgan fingerprint density at radius 1 is 1.15 bits per heavy atom. The fourth-order valence-electron chi connectivity index (χ4n) is 1.96. The van der Waals surface area contributed by atoms with Crippen molar-refractivity contribution in [3.8, 4) is 5.69 Å². The summed E-state index contributed by atoms with van der Waals surface area (Å²) < 4.78 is 41.5. The zero-order valence-corrected chi connectivity index (χ0v) is 15.4. The first-order valence-corrected chi connectivity index (χ1v) is 9.37. The Labute approximate surface area is 159 Å². The summed E-state index contributed by atoms with van der Waals surface area (Å²) in [5.41, 5.74) is 0.782. The Hall–Kier alpha value is -2.17. The van der Waals surface area contributed by atoms with Gasteiger partial charge in [0.25, 0.3) is 0 Å². The van der Waals surface area contributed by atoms with E-state index in [1.807, 2.05) is 0 Å². The molecule has 0 aliphatic carbocycles. The number of nitrogens with zero attached hydrogens (tertiary/aromatic N) is 2. The third-order valence-corrected chi connectivity index (χ3v) is 5.50. The standard InChI is InChI=1S/C16H10F3N3OS3/c17-9-1-4-11(5-2-9)22-16(24)26-15(21-22)25-8-14(23)20-10-3-6-12(18)13(19)7-10/h1-7H,8H2,(H,20,23). The number of carbonyl (C=O) groups is 1. The van der Waals surface area contributed by atoms with Gasteiger partial charge in [-0.2, -0.15) is 0 Å². The second kappa shape index (κ2) is 8.02. The molecular formula is C16H10F3N3OS3. The number of amides is 1. The number of nitrogens with one attached hydrogen (secondary N) is 1. The van der Waals surface area contributed by atoms with Gasteiger partial charge in [-0.1, -0.05) is 23.1 Å². The Morgan fingerprint density at radius 2 is 1.88 bits per heavy atom. The number of hydrogen-bond acceptors (Lipinski definition) is 5. The van der Waals surface area contributed by atoms with Gasteiger partial charge in [0.15, 0.2) is 19.9 Å². The maximum atomic E-state index is 13.1. The quantitative estimate of drug-likeness (QED) is 0.482. The van der Waals surface area contributed by atoms with Crippen LogP contribution < -0.4 is 5.32 Å². The van der Waals surface area contributed by atoms with E-state index in [9.17, 15) is 18.0 Å². The van der Waals surface area contributed by atoms with Gasteiger partial charge in [0.1, 0.15) is 5.82 Å². The molecule has 4 nitrogen and oxygen atoms in total. The van der Waals surface area contributed by atoms with Gasteiger partial charge in [0, 0.05) is 11.8 Å². The molecule has 0 bridgehead atoms. The molecule has 1 amide bonds. The lowest BCUT2D eigenvalue weighted by Crippen LogP contribution is -2.14. The van der Waals surface area contributed by atoms with Crippen molar-refractivity contribution in [3.05, 3.63) is 63.9 Å². The lowest BCUT2D eigenvalue weighted by atomic mass is 10.3. The molecule has 2 aromatic carbocycles. The lowest BCUT2D eigenvalue weighted by Gasteiger charge is -2.04. The highest BCUT2D eigenvalue weighted by Gasteiger charge is 2.11. The molecule has 0 radical (unpaired) electrons. The number of thioether (sulfide) groups is 1. The van der Waals surface area contributed by atoms with Crippen molar-refractivity contribution in [3.63, 3.8) is 0 Å². The molecule has 0 aliphatic heterocycles. The number of aromatic nitrogens is 2. The second-order valence-corrected chi connectivity index (χ2v) is 7.83. The molecule has 1 aromatic heterocycles. The predicted octanol–water partition coefficient (Wildman–Crippen LogP) is 4.81. The van der Waals surface area contributed by atoms with Crippen molar-refractivity contribution in [2.45, 2.75) is 4.34 Å². The molecule has 3 rings (SSSR count). The van der Waals surface area contributed by atoms with Crippen LogP contribution in [0.5, 0.6) is 0 Å². The first-order valence-electron chi connectivity index (χ1n) is 7.16. The van der Waals surface area contributed by atoms with Gasteiger partial charge >= 0.3 is 0 Å². The first kappa shape index (κ1) is 18.6. The summed E-state index contributed by atoms with van der Waals surface area (Å²) in [6, 6.07) is 8.83. The predicted molar refractivity (Wildman–Crippen MR) is 97.9 cm³/mol. The fourth-order valence-corrected chi connectivity index (χ4v) is 4.12. The second-order valence-electron chi connectivity index (χ2n) is 4.99. The highest BCUT2D eigenvalue weighted by Crippen LogP contribution is 2.24. The molecule has 0 saturated heterocycles. The van der Waals surface area contributed by atoms with Crippen molar-refractivity contribution >= 4 is 46.9 Å². The molecule has 0 saturated carbocycles. The summed E-state index contributed by atoms with van der Waals surface area (Å²) in [6.07, 6.45) is 0. The zero-order valence-electron chi connectivity index (χ0n) is 12.9. The summed E-state index contributed by atoms with van der Waals surface area (Å²) in [5.74, 6) is -2.76. The largest absolute Gasteiger partial charge is 0.325 e. The van der Waals surface area contributed by atoms with E-state index in [-0.39, 0.29) is 17.3 Å². The molecule has 26 heavy (non-hydrogen) atoms. The third kappa shape index (κ3) is 4.51. The minimum Gasteiger partial charge on any atom is -0.325 e. The highest BCUT2D eigenvalue weighted by atomic mass is 32.2. The van der Waals surface area contributed by atoms with Crippen molar-refractivity contribution in [2.75, 3.05) is 11.1 Å². The van der Waals surface area contributed by atoms with Crippen LogP contribution in [0.4, 0.5) is 18.9 Å². The van der Waals surface area contributed by atoms with E-state index in [1.165, 1.54) is 34.2 Å². The lowest BCUT2D eigenvalue weighted by molar-refractivity contribution is -0.113. The van der Waals surface area contributed by atoms with Gasteiger partial charge in [-0.05, 0) is 48.6 Å². The van der Waals surface area contributed by atoms with E-state index in [1.54, 1.807) is 12.1 Å². The first-order chi connectivity index (χ1) is 12.4. The molecule has 0 fully saturated rings. The fraction of sp³-hybridized carbons (Fsp3) is 0.0625. The molecule has 10 heteroatoms. The van der Waals surface area contributed by atoms with Crippen LogP contribution in [0.2, 0.25) is 0 Å². The van der Waals surface area contributed by atoms with Gasteiger partial charge in [0.2, 0.25) is 5.91 Å². The number of halogens is 3. The number of rotatable bonds is 5. The van der Waals surface area contributed by atoms with Gasteiger partial charge in [-0.25, -0.2) is 17.9 Å². The average Bonchev–Trinajstić information content (AvgIpc) is 2.98. The van der Waals surface area contributed by atoms with E-state index >= 15 is 0 Å². The topological polar surface area (TPSA) is 46.9 Å². The number of benzene rings is 2. The molecule has 3 aromatic rings. The van der Waals surface area contributed by atoms with Crippen LogP contribution >= 0.6 is 35.3 Å². The minimum atomic E-state index is -1.04. The maximum absolute atomic E-state index is 13.1. The van der Waals surface area contributed by atoms with Crippen LogP contribution in [0, 0.1) is 21.4 Å². The highest BCUT2D eigenvalue weighted by molar-refractivity contribution is 8.01. The van der Waals surface area contributed by atoms with E-state index < -0.39 is 17.5 Å². The Bertz CT molecular complexity index is 1000. The van der Waals surface area contributed by atoms with Crippen LogP contribution in [0.3, 0.4) is 0 Å². The summed E-state index contributed by atoms with van der Waals surface area (Å²) in [6.45, 7) is 0. The van der Waals surface area contributed by atoms with Gasteiger partial charge in [-0.15, -0.1) is 5.10 Å². The Kier molecular flexibility index (Phi) is 5.74. The summed E-state index contributed by atoms with van der Waals surface area (Å²) in [5, 5.41) is 6.77. The van der Waals surface area contributed by atoms with Crippen LogP contribution in [-0.2, 0) is 4.79 Å². The zero-order chi connectivity index (χ0) is 18.7. The number of carbonyl (C=O) groups excluding carboxylic acids is 1. The molecular weight excluding hydrogens is 403 g/mol. The summed E-state index contributed by atoms with van der Waals surface area (Å²) in [7, 11) is 0. The number of hydrogen-bond donors (Lipinski definition) is 1. The van der Waals surface area contributed by atoms with Crippen LogP contribution in [0.1, 0.15) is 0 Å². The van der Waals surface area contributed by atoms with Crippen LogP contribution in [0.15, 0.2) is 46.8 Å². The van der Waals surface area contributed by atoms with E-state index in [4.69, 9.17) is 12.2 Å². The van der Waals surface area contributed by atoms with Crippen LogP contribution in [0.25, 0.3) is 5.69 Å². The number of anilines is 1. The Balaban J connectivity index is 1.63. The molecule has 0 atom stereocenters. The Morgan fingerprint density at radius 3 is 2.58 bits per heavy atom. The molecule has 0 spiro atoms. The monoisotopic (exact) mass is 413 g/mol. The molecule has 0 unspecified atom stereocenters. The maximum Gasteiger partial charge on any atom is 0.234 e. The summed E-state index contributed by atoms with van der Waals surface area (Å²) >= 11 is 7.60. The molecule has 1 heterocycles. The van der Waals surface area contributed by atoms with E-state index in [0.29, 0.717) is 14.0 Å². The molecule has 1 N–H and O–H groups in total. The van der Waals surface area contributed by atoms with Crippen molar-refractivity contribution in [1.29, 1.82) is 0 Å². The molecule has 0 aliphatic rings. The van der Waals surface area contributed by atoms with Gasteiger partial charge in [0.05, 0.1) is 11.4 Å². The average molecular weight is 413 g/mol. The van der Waals surface area contributed by atoms with Crippen molar-refractivity contribution < 1.29 is 18.0 Å². The van der Waals surface area contributed by atoms with E-state index in [2.05, 4.69) is 10.4 Å². The van der Waals surface area contributed by atoms with Crippen molar-refractivity contribution in [1.82, 2.24) is 9.78 Å². The smallest absolute Gasteiger partial charge is 0.234 e. The van der Waals surface area contributed by atoms with Crippen molar-refractivity contribution in [2.24, 2.45) is 0 Å². The molecule has 134 valence electrons. The normalized spacial score (nSPS) is 10.7. The van der Waals surface area contributed by atoms with Crippen LogP contribution in [-0.4, -0.2) is 21.4 Å².